The highest BCUT2D eigenvalue weighted by Gasteiger charge is 2.16. The van der Waals surface area contributed by atoms with Gasteiger partial charge in [0.05, 0.1) is 12.8 Å². The smallest absolute Gasteiger partial charge is 0.217 e. The van der Waals surface area contributed by atoms with Crippen LogP contribution in [0.3, 0.4) is 0 Å². The SMILES string of the molecule is COc1cccc(-n2ccnc2C#N)c1[C@H](C)N. The van der Waals surface area contributed by atoms with Crippen LogP contribution in [0, 0.1) is 11.3 Å². The summed E-state index contributed by atoms with van der Waals surface area (Å²) in [6.07, 6.45) is 3.32. The first-order valence-electron chi connectivity index (χ1n) is 5.55. The van der Waals surface area contributed by atoms with E-state index in [4.69, 9.17) is 15.7 Å². The third-order valence-electron chi connectivity index (χ3n) is 2.72. The average Bonchev–Trinajstić information content (AvgIpc) is 2.85. The predicted octanol–water partition coefficient (Wildman–Crippen LogP) is 1.77. The van der Waals surface area contributed by atoms with Crippen molar-refractivity contribution in [3.63, 3.8) is 0 Å². The Bertz CT molecular complexity index is 595. The first-order valence-corrected chi connectivity index (χ1v) is 5.55. The summed E-state index contributed by atoms with van der Waals surface area (Å²) in [7, 11) is 1.60. The highest BCUT2D eigenvalue weighted by atomic mass is 16.5. The Morgan fingerprint density at radius 1 is 1.50 bits per heavy atom. The second kappa shape index (κ2) is 4.90. The molecule has 92 valence electrons. The zero-order valence-corrected chi connectivity index (χ0v) is 10.3. The number of rotatable bonds is 3. The van der Waals surface area contributed by atoms with Crippen LogP contribution in [0.15, 0.2) is 30.6 Å². The van der Waals surface area contributed by atoms with E-state index in [2.05, 4.69) is 4.98 Å². The number of imidazole rings is 1. The molecule has 0 radical (unpaired) electrons. The van der Waals surface area contributed by atoms with E-state index >= 15 is 0 Å². The van der Waals surface area contributed by atoms with Gasteiger partial charge in [-0.25, -0.2) is 4.98 Å². The van der Waals surface area contributed by atoms with E-state index in [1.807, 2.05) is 31.2 Å². The molecule has 18 heavy (non-hydrogen) atoms. The maximum absolute atomic E-state index is 9.03. The van der Waals surface area contributed by atoms with Gasteiger partial charge in [-0.05, 0) is 19.1 Å². The first-order chi connectivity index (χ1) is 8.69. The normalized spacial score (nSPS) is 11.9. The summed E-state index contributed by atoms with van der Waals surface area (Å²) in [5.74, 6) is 1.03. The monoisotopic (exact) mass is 242 g/mol. The minimum atomic E-state index is -0.204. The van der Waals surface area contributed by atoms with Crippen molar-refractivity contribution in [2.45, 2.75) is 13.0 Å². The molecule has 1 heterocycles. The third kappa shape index (κ3) is 1.94. The lowest BCUT2D eigenvalue weighted by atomic mass is 10.1. The van der Waals surface area contributed by atoms with Gasteiger partial charge in [0, 0.05) is 24.0 Å². The number of hydrogen-bond donors (Lipinski definition) is 1. The summed E-state index contributed by atoms with van der Waals surface area (Å²) >= 11 is 0. The largest absolute Gasteiger partial charge is 0.496 e. The second-order valence-corrected chi connectivity index (χ2v) is 3.91. The van der Waals surface area contributed by atoms with Gasteiger partial charge in [-0.2, -0.15) is 5.26 Å². The number of hydrogen-bond acceptors (Lipinski definition) is 4. The molecule has 1 aromatic heterocycles. The number of nitrogens with zero attached hydrogens (tertiary/aromatic N) is 3. The third-order valence-corrected chi connectivity index (χ3v) is 2.72. The molecule has 5 nitrogen and oxygen atoms in total. The number of benzene rings is 1. The molecule has 0 amide bonds. The molecule has 1 atom stereocenters. The summed E-state index contributed by atoms with van der Waals surface area (Å²) in [5, 5.41) is 9.03. The van der Waals surface area contributed by atoms with Gasteiger partial charge < -0.3 is 10.5 Å². The van der Waals surface area contributed by atoms with Crippen LogP contribution in [0.1, 0.15) is 24.4 Å². The molecule has 0 aliphatic heterocycles. The van der Waals surface area contributed by atoms with E-state index in [0.717, 1.165) is 11.3 Å². The van der Waals surface area contributed by atoms with Gasteiger partial charge in [0.2, 0.25) is 5.82 Å². The van der Waals surface area contributed by atoms with Crippen molar-refractivity contribution in [2.24, 2.45) is 5.73 Å². The van der Waals surface area contributed by atoms with E-state index in [1.165, 1.54) is 0 Å². The molecule has 0 saturated heterocycles. The van der Waals surface area contributed by atoms with Crippen molar-refractivity contribution in [1.29, 1.82) is 5.26 Å². The second-order valence-electron chi connectivity index (χ2n) is 3.91. The minimum absolute atomic E-state index is 0.204. The molecule has 2 N–H and O–H groups in total. The molecular formula is C13H14N4O. The molecule has 2 aromatic rings. The van der Waals surface area contributed by atoms with Crippen LogP contribution in [0.25, 0.3) is 5.69 Å². The highest BCUT2D eigenvalue weighted by molar-refractivity contribution is 5.52. The Kier molecular flexibility index (Phi) is 3.31. The van der Waals surface area contributed by atoms with Crippen LogP contribution in [0.4, 0.5) is 0 Å². The fourth-order valence-corrected chi connectivity index (χ4v) is 1.96. The Hall–Kier alpha value is -2.32. The molecule has 0 bridgehead atoms. The number of aromatic nitrogens is 2. The Balaban J connectivity index is 2.68. The maximum atomic E-state index is 9.03. The van der Waals surface area contributed by atoms with Crippen molar-refractivity contribution in [3.8, 4) is 17.5 Å². The molecular weight excluding hydrogens is 228 g/mol. The zero-order chi connectivity index (χ0) is 13.1. The Morgan fingerprint density at radius 2 is 2.28 bits per heavy atom. The number of methoxy groups -OCH3 is 1. The van der Waals surface area contributed by atoms with Crippen molar-refractivity contribution in [2.75, 3.05) is 7.11 Å². The molecule has 0 spiro atoms. The summed E-state index contributed by atoms with van der Waals surface area (Å²) in [4.78, 5) is 3.99. The van der Waals surface area contributed by atoms with E-state index < -0.39 is 0 Å². The highest BCUT2D eigenvalue weighted by Crippen LogP contribution is 2.30. The van der Waals surface area contributed by atoms with Gasteiger partial charge in [0.25, 0.3) is 0 Å². The molecule has 0 unspecified atom stereocenters. The first kappa shape index (κ1) is 12.1. The van der Waals surface area contributed by atoms with Crippen molar-refractivity contribution in [1.82, 2.24) is 9.55 Å². The van der Waals surface area contributed by atoms with Crippen LogP contribution in [0.5, 0.6) is 5.75 Å². The van der Waals surface area contributed by atoms with Crippen molar-refractivity contribution >= 4 is 0 Å². The molecule has 0 saturated carbocycles. The molecule has 0 aliphatic carbocycles. The molecule has 5 heteroatoms. The molecule has 0 aliphatic rings. The number of nitriles is 1. The van der Waals surface area contributed by atoms with Crippen LogP contribution >= 0.6 is 0 Å². The maximum Gasteiger partial charge on any atom is 0.217 e. The summed E-state index contributed by atoms with van der Waals surface area (Å²) in [6, 6.07) is 7.45. The van der Waals surface area contributed by atoms with Gasteiger partial charge in [0.15, 0.2) is 0 Å². The van der Waals surface area contributed by atoms with Crippen LogP contribution in [-0.2, 0) is 0 Å². The zero-order valence-electron chi connectivity index (χ0n) is 10.3. The Morgan fingerprint density at radius 3 is 2.89 bits per heavy atom. The van der Waals surface area contributed by atoms with Gasteiger partial charge in [0.1, 0.15) is 11.8 Å². The van der Waals surface area contributed by atoms with Gasteiger partial charge in [-0.3, -0.25) is 4.57 Å². The van der Waals surface area contributed by atoms with E-state index in [-0.39, 0.29) is 6.04 Å². The number of nitrogens with two attached hydrogens (primary N) is 1. The van der Waals surface area contributed by atoms with Crippen LogP contribution < -0.4 is 10.5 Å². The lowest BCUT2D eigenvalue weighted by Crippen LogP contribution is -2.12. The summed E-state index contributed by atoms with van der Waals surface area (Å²) < 4.78 is 7.03. The summed E-state index contributed by atoms with van der Waals surface area (Å²) in [6.45, 7) is 1.88. The molecule has 1 aromatic carbocycles. The van der Waals surface area contributed by atoms with E-state index in [9.17, 15) is 0 Å². The lowest BCUT2D eigenvalue weighted by molar-refractivity contribution is 0.406. The topological polar surface area (TPSA) is 76.9 Å². The van der Waals surface area contributed by atoms with Gasteiger partial charge in [-0.1, -0.05) is 6.07 Å². The fourth-order valence-electron chi connectivity index (χ4n) is 1.96. The standard InChI is InChI=1S/C13H14N4O/c1-9(15)13-10(4-3-5-11(13)18-2)17-7-6-16-12(17)8-14/h3-7,9H,15H2,1-2H3/t9-/m0/s1. The summed E-state index contributed by atoms with van der Waals surface area (Å²) in [5.41, 5.74) is 7.67. The number of ether oxygens (including phenoxy) is 1. The quantitative estimate of drug-likeness (QED) is 0.889. The van der Waals surface area contributed by atoms with E-state index in [0.29, 0.717) is 11.6 Å². The lowest BCUT2D eigenvalue weighted by Gasteiger charge is -2.17. The minimum Gasteiger partial charge on any atom is -0.496 e. The molecule has 0 fully saturated rings. The van der Waals surface area contributed by atoms with Gasteiger partial charge >= 0.3 is 0 Å². The van der Waals surface area contributed by atoms with Crippen molar-refractivity contribution < 1.29 is 4.74 Å². The van der Waals surface area contributed by atoms with Gasteiger partial charge in [-0.15, -0.1) is 0 Å². The Labute approximate surface area is 105 Å². The van der Waals surface area contributed by atoms with Crippen LogP contribution in [-0.4, -0.2) is 16.7 Å². The molecule has 2 rings (SSSR count). The fraction of sp³-hybridized carbons (Fsp3) is 0.231. The van der Waals surface area contributed by atoms with Crippen molar-refractivity contribution in [3.05, 3.63) is 42.0 Å². The average molecular weight is 242 g/mol. The van der Waals surface area contributed by atoms with Crippen LogP contribution in [0.2, 0.25) is 0 Å². The van der Waals surface area contributed by atoms with E-state index in [1.54, 1.807) is 24.1 Å². The predicted molar refractivity (Wildman–Crippen MR) is 67.4 cm³/mol.